The Kier molecular flexibility index (Phi) is 4.21. The van der Waals surface area contributed by atoms with Crippen LogP contribution in [-0.2, 0) is 10.2 Å². The number of amides is 1. The van der Waals surface area contributed by atoms with Crippen LogP contribution in [0.4, 0.5) is 0 Å². The molecule has 17 heavy (non-hydrogen) atoms. The number of hydrogen-bond donors (Lipinski definition) is 1. The summed E-state index contributed by atoms with van der Waals surface area (Å²) in [6.45, 7) is 2.87. The van der Waals surface area contributed by atoms with Crippen molar-refractivity contribution in [1.82, 2.24) is 5.32 Å². The van der Waals surface area contributed by atoms with Gasteiger partial charge in [-0.3, -0.25) is 4.79 Å². The van der Waals surface area contributed by atoms with Crippen molar-refractivity contribution in [2.24, 2.45) is 0 Å². The minimum atomic E-state index is 0.204. The number of thiophene rings is 1. The van der Waals surface area contributed by atoms with Crippen molar-refractivity contribution in [2.45, 2.75) is 50.9 Å². The number of carbonyl (C=O) groups excluding carboxylic acids is 1. The first-order valence-electron chi connectivity index (χ1n) is 6.57. The summed E-state index contributed by atoms with van der Waals surface area (Å²) in [7, 11) is 0. The van der Waals surface area contributed by atoms with E-state index >= 15 is 0 Å². The molecule has 0 unspecified atom stereocenters. The van der Waals surface area contributed by atoms with Gasteiger partial charge in [0.25, 0.3) is 0 Å². The van der Waals surface area contributed by atoms with Crippen molar-refractivity contribution in [2.75, 3.05) is 6.54 Å². The third-order valence-corrected chi connectivity index (χ3v) is 4.82. The predicted molar refractivity (Wildman–Crippen MR) is 72.4 cm³/mol. The van der Waals surface area contributed by atoms with E-state index in [0.29, 0.717) is 6.42 Å². The summed E-state index contributed by atoms with van der Waals surface area (Å²) in [5, 5.41) is 5.26. The van der Waals surface area contributed by atoms with Crippen molar-refractivity contribution in [3.8, 4) is 0 Å². The Balaban J connectivity index is 2.01. The molecule has 1 heterocycles. The van der Waals surface area contributed by atoms with Gasteiger partial charge in [0.05, 0.1) is 0 Å². The molecule has 1 aromatic rings. The topological polar surface area (TPSA) is 29.1 Å². The molecule has 3 heteroatoms. The smallest absolute Gasteiger partial charge is 0.220 e. The van der Waals surface area contributed by atoms with Gasteiger partial charge in [0.2, 0.25) is 5.91 Å². The molecule has 0 bridgehead atoms. The first-order valence-corrected chi connectivity index (χ1v) is 7.45. The van der Waals surface area contributed by atoms with Crippen LogP contribution >= 0.6 is 11.3 Å². The number of hydrogen-bond acceptors (Lipinski definition) is 2. The summed E-state index contributed by atoms with van der Waals surface area (Å²) in [5.74, 6) is 0.204. The standard InChI is InChI=1S/C14H21NOS/c1-2-6-13(16)15-11-14(8-3-4-9-14)12-7-5-10-17-12/h5,7,10H,2-4,6,8-9,11H2,1H3,(H,15,16). The first-order chi connectivity index (χ1) is 8.27. The third-order valence-electron chi connectivity index (χ3n) is 3.71. The SMILES string of the molecule is CCCC(=O)NCC1(c2cccs2)CCCC1. The van der Waals surface area contributed by atoms with Gasteiger partial charge in [0.1, 0.15) is 0 Å². The maximum atomic E-state index is 11.6. The van der Waals surface area contributed by atoms with Gasteiger partial charge in [-0.05, 0) is 30.7 Å². The van der Waals surface area contributed by atoms with Crippen LogP contribution in [0.2, 0.25) is 0 Å². The maximum Gasteiger partial charge on any atom is 0.220 e. The molecule has 2 nitrogen and oxygen atoms in total. The van der Waals surface area contributed by atoms with Crippen molar-refractivity contribution in [3.05, 3.63) is 22.4 Å². The minimum Gasteiger partial charge on any atom is -0.355 e. The van der Waals surface area contributed by atoms with Gasteiger partial charge in [-0.15, -0.1) is 11.3 Å². The van der Waals surface area contributed by atoms with Crippen molar-refractivity contribution < 1.29 is 4.79 Å². The summed E-state index contributed by atoms with van der Waals surface area (Å²) in [6.07, 6.45) is 6.61. The van der Waals surface area contributed by atoms with Gasteiger partial charge in [-0.1, -0.05) is 25.8 Å². The van der Waals surface area contributed by atoms with E-state index in [1.165, 1.54) is 30.6 Å². The Morgan fingerprint density at radius 1 is 1.47 bits per heavy atom. The van der Waals surface area contributed by atoms with E-state index in [9.17, 15) is 4.79 Å². The Morgan fingerprint density at radius 2 is 2.24 bits per heavy atom. The zero-order valence-corrected chi connectivity index (χ0v) is 11.3. The van der Waals surface area contributed by atoms with Crippen LogP contribution in [0.3, 0.4) is 0 Å². The fourth-order valence-corrected chi connectivity index (χ4v) is 3.71. The van der Waals surface area contributed by atoms with E-state index in [0.717, 1.165) is 13.0 Å². The van der Waals surface area contributed by atoms with E-state index in [1.54, 1.807) is 0 Å². The number of carbonyl (C=O) groups is 1. The normalized spacial score (nSPS) is 18.2. The lowest BCUT2D eigenvalue weighted by Gasteiger charge is -2.28. The predicted octanol–water partition coefficient (Wildman–Crippen LogP) is 3.48. The Bertz CT molecular complexity index is 352. The second kappa shape index (κ2) is 5.67. The lowest BCUT2D eigenvalue weighted by molar-refractivity contribution is -0.121. The molecule has 0 atom stereocenters. The quantitative estimate of drug-likeness (QED) is 0.853. The molecular weight excluding hydrogens is 230 g/mol. The average Bonchev–Trinajstić information content (AvgIpc) is 2.98. The van der Waals surface area contributed by atoms with Crippen LogP contribution in [0.15, 0.2) is 17.5 Å². The summed E-state index contributed by atoms with van der Waals surface area (Å²) in [4.78, 5) is 13.1. The molecule has 0 aromatic carbocycles. The Hall–Kier alpha value is -0.830. The van der Waals surface area contributed by atoms with E-state index in [4.69, 9.17) is 0 Å². The number of rotatable bonds is 5. The highest BCUT2D eigenvalue weighted by Gasteiger charge is 2.36. The highest BCUT2D eigenvalue weighted by Crippen LogP contribution is 2.42. The highest BCUT2D eigenvalue weighted by atomic mass is 32.1. The summed E-state index contributed by atoms with van der Waals surface area (Å²) in [5.41, 5.74) is 0.234. The molecule has 94 valence electrons. The molecule has 0 radical (unpaired) electrons. The molecule has 1 amide bonds. The molecule has 1 aliphatic rings. The molecule has 1 saturated carbocycles. The summed E-state index contributed by atoms with van der Waals surface area (Å²) in [6, 6.07) is 4.34. The third kappa shape index (κ3) is 2.89. The van der Waals surface area contributed by atoms with E-state index in [-0.39, 0.29) is 11.3 Å². The summed E-state index contributed by atoms with van der Waals surface area (Å²) >= 11 is 1.83. The Morgan fingerprint density at radius 3 is 2.82 bits per heavy atom. The van der Waals surface area contributed by atoms with Crippen LogP contribution in [-0.4, -0.2) is 12.5 Å². The van der Waals surface area contributed by atoms with Gasteiger partial charge in [0, 0.05) is 23.3 Å². The largest absolute Gasteiger partial charge is 0.355 e. The van der Waals surface area contributed by atoms with E-state index < -0.39 is 0 Å². The lowest BCUT2D eigenvalue weighted by Crippen LogP contribution is -2.38. The summed E-state index contributed by atoms with van der Waals surface area (Å²) < 4.78 is 0. The van der Waals surface area contributed by atoms with Gasteiger partial charge in [-0.25, -0.2) is 0 Å². The highest BCUT2D eigenvalue weighted by molar-refractivity contribution is 7.10. The van der Waals surface area contributed by atoms with Gasteiger partial charge in [0.15, 0.2) is 0 Å². The van der Waals surface area contributed by atoms with E-state index in [1.807, 2.05) is 18.3 Å². The fraction of sp³-hybridized carbons (Fsp3) is 0.643. The molecule has 0 spiro atoms. The molecule has 1 N–H and O–H groups in total. The molecule has 1 aromatic heterocycles. The molecule has 0 aliphatic heterocycles. The molecule has 2 rings (SSSR count). The first kappa shape index (κ1) is 12.6. The molecule has 1 aliphatic carbocycles. The van der Waals surface area contributed by atoms with Crippen LogP contribution in [0.1, 0.15) is 50.3 Å². The second-order valence-electron chi connectivity index (χ2n) is 4.99. The zero-order chi connectivity index (χ0) is 12.1. The van der Waals surface area contributed by atoms with Crippen molar-refractivity contribution in [3.63, 3.8) is 0 Å². The lowest BCUT2D eigenvalue weighted by atomic mass is 9.84. The van der Waals surface area contributed by atoms with Gasteiger partial charge in [-0.2, -0.15) is 0 Å². The van der Waals surface area contributed by atoms with Crippen molar-refractivity contribution in [1.29, 1.82) is 0 Å². The monoisotopic (exact) mass is 251 g/mol. The van der Waals surface area contributed by atoms with Crippen LogP contribution in [0.25, 0.3) is 0 Å². The molecule has 0 saturated heterocycles. The zero-order valence-electron chi connectivity index (χ0n) is 10.5. The van der Waals surface area contributed by atoms with Gasteiger partial charge < -0.3 is 5.32 Å². The van der Waals surface area contributed by atoms with Gasteiger partial charge >= 0.3 is 0 Å². The van der Waals surface area contributed by atoms with Crippen LogP contribution < -0.4 is 5.32 Å². The average molecular weight is 251 g/mol. The maximum absolute atomic E-state index is 11.6. The van der Waals surface area contributed by atoms with Crippen molar-refractivity contribution >= 4 is 17.2 Å². The number of nitrogens with one attached hydrogen (secondary N) is 1. The molecule has 1 fully saturated rings. The second-order valence-corrected chi connectivity index (χ2v) is 5.94. The minimum absolute atomic E-state index is 0.204. The van der Waals surface area contributed by atoms with Crippen LogP contribution in [0.5, 0.6) is 0 Å². The fourth-order valence-electron chi connectivity index (χ4n) is 2.73. The van der Waals surface area contributed by atoms with E-state index in [2.05, 4.69) is 22.8 Å². The van der Waals surface area contributed by atoms with Crippen LogP contribution in [0, 0.1) is 0 Å². The Labute approximate surface area is 107 Å². The molecular formula is C14H21NOS.